The number of nitrogens with zero attached hydrogens (tertiary/aromatic N) is 2. The molecular weight excluding hydrogens is 468 g/mol. The number of piperidine rings is 1. The number of carbonyl (C=O) groups is 1. The Bertz CT molecular complexity index is 1270. The Hall–Kier alpha value is -2.14. The van der Waals surface area contributed by atoms with Crippen molar-refractivity contribution < 1.29 is 22.0 Å². The molecule has 0 aliphatic carbocycles. The number of benzene rings is 2. The Balaban J connectivity index is 1.42. The van der Waals surface area contributed by atoms with Crippen molar-refractivity contribution in [3.63, 3.8) is 0 Å². The van der Waals surface area contributed by atoms with Crippen LogP contribution in [0.3, 0.4) is 0 Å². The summed E-state index contributed by atoms with van der Waals surface area (Å²) in [6.45, 7) is 2.07. The third-order valence-electron chi connectivity index (χ3n) is 5.33. The molecule has 11 heteroatoms. The molecule has 0 saturated carbocycles. The van der Waals surface area contributed by atoms with Gasteiger partial charge in [0, 0.05) is 24.0 Å². The molecule has 1 fully saturated rings. The summed E-state index contributed by atoms with van der Waals surface area (Å²) in [7, 11) is -3.96. The topological polar surface area (TPSA) is 79.4 Å². The van der Waals surface area contributed by atoms with E-state index in [1.165, 1.54) is 15.6 Å². The summed E-state index contributed by atoms with van der Waals surface area (Å²) in [5, 5.41) is 3.88. The number of anilines is 1. The lowest BCUT2D eigenvalue weighted by atomic mass is 9.97. The highest BCUT2D eigenvalue weighted by Crippen LogP contribution is 2.32. The largest absolute Gasteiger partial charge is 0.302 e. The van der Waals surface area contributed by atoms with Crippen LogP contribution in [0.25, 0.3) is 10.2 Å². The van der Waals surface area contributed by atoms with Crippen molar-refractivity contribution in [2.75, 3.05) is 18.4 Å². The highest BCUT2D eigenvalue weighted by molar-refractivity contribution is 7.89. The van der Waals surface area contributed by atoms with Crippen LogP contribution >= 0.6 is 22.9 Å². The minimum atomic E-state index is -3.96. The molecule has 31 heavy (non-hydrogen) atoms. The van der Waals surface area contributed by atoms with Crippen LogP contribution in [0.4, 0.5) is 13.9 Å². The standard InChI is InChI=1S/C20H18ClF2N3O3S2/c1-11-14(21)3-5-17-18(11)24-20(30-17)25-19(27)12-6-8-26(9-7-12)31(28,29)13-2-4-15(22)16(23)10-13/h2-5,10,12H,6-9H2,1H3,(H,24,25,27). The summed E-state index contributed by atoms with van der Waals surface area (Å²) in [5.41, 5.74) is 1.58. The van der Waals surface area contributed by atoms with Crippen molar-refractivity contribution in [3.05, 3.63) is 52.6 Å². The van der Waals surface area contributed by atoms with Crippen LogP contribution in [0, 0.1) is 24.5 Å². The molecule has 0 radical (unpaired) electrons. The summed E-state index contributed by atoms with van der Waals surface area (Å²) < 4.78 is 54.1. The molecule has 1 saturated heterocycles. The molecule has 0 atom stereocenters. The van der Waals surface area contributed by atoms with E-state index in [9.17, 15) is 22.0 Å². The fourth-order valence-corrected chi connectivity index (χ4v) is 6.07. The number of nitrogens with one attached hydrogen (secondary N) is 1. The highest BCUT2D eigenvalue weighted by Gasteiger charge is 2.32. The second-order valence-corrected chi connectivity index (χ2v) is 10.7. The lowest BCUT2D eigenvalue weighted by molar-refractivity contribution is -0.120. The van der Waals surface area contributed by atoms with Gasteiger partial charge in [-0.15, -0.1) is 0 Å². The Kier molecular flexibility index (Phi) is 5.99. The van der Waals surface area contributed by atoms with Gasteiger partial charge in [-0.2, -0.15) is 4.31 Å². The van der Waals surface area contributed by atoms with Crippen LogP contribution < -0.4 is 5.32 Å². The first-order valence-corrected chi connectivity index (χ1v) is 12.1. The minimum Gasteiger partial charge on any atom is -0.302 e. The fraction of sp³-hybridized carbons (Fsp3) is 0.300. The fourth-order valence-electron chi connectivity index (χ4n) is 3.51. The number of rotatable bonds is 4. The summed E-state index contributed by atoms with van der Waals surface area (Å²) in [5.74, 6) is -2.94. The van der Waals surface area contributed by atoms with E-state index in [-0.39, 0.29) is 29.8 Å². The number of aromatic nitrogens is 1. The van der Waals surface area contributed by atoms with E-state index < -0.39 is 21.7 Å². The summed E-state index contributed by atoms with van der Waals surface area (Å²) in [4.78, 5) is 16.8. The van der Waals surface area contributed by atoms with Crippen molar-refractivity contribution in [1.82, 2.24) is 9.29 Å². The number of hydrogen-bond acceptors (Lipinski definition) is 5. The predicted octanol–water partition coefficient (Wildman–Crippen LogP) is 4.58. The highest BCUT2D eigenvalue weighted by atomic mass is 35.5. The zero-order valence-corrected chi connectivity index (χ0v) is 18.8. The van der Waals surface area contributed by atoms with Crippen molar-refractivity contribution >= 4 is 54.2 Å². The Morgan fingerprint density at radius 2 is 1.90 bits per heavy atom. The molecule has 1 amide bonds. The molecule has 2 aromatic carbocycles. The van der Waals surface area contributed by atoms with E-state index in [1.807, 2.05) is 13.0 Å². The molecule has 6 nitrogen and oxygen atoms in total. The zero-order valence-electron chi connectivity index (χ0n) is 16.4. The van der Waals surface area contributed by atoms with Gasteiger partial charge in [0.1, 0.15) is 0 Å². The molecular formula is C20H18ClF2N3O3S2. The number of aryl methyl sites for hydroxylation is 1. The number of halogens is 3. The van der Waals surface area contributed by atoms with Gasteiger partial charge in [-0.25, -0.2) is 22.2 Å². The van der Waals surface area contributed by atoms with Crippen molar-refractivity contribution in [2.24, 2.45) is 5.92 Å². The van der Waals surface area contributed by atoms with Crippen LogP contribution in [0.5, 0.6) is 0 Å². The van der Waals surface area contributed by atoms with Gasteiger partial charge in [0.25, 0.3) is 0 Å². The van der Waals surface area contributed by atoms with Crippen molar-refractivity contribution in [3.8, 4) is 0 Å². The van der Waals surface area contributed by atoms with Crippen LogP contribution in [0.2, 0.25) is 5.02 Å². The van der Waals surface area contributed by atoms with E-state index in [1.54, 1.807) is 6.07 Å². The molecule has 0 spiro atoms. The summed E-state index contributed by atoms with van der Waals surface area (Å²) in [6, 6.07) is 6.12. The average molecular weight is 486 g/mol. The molecule has 1 N–H and O–H groups in total. The molecule has 0 unspecified atom stereocenters. The minimum absolute atomic E-state index is 0.105. The third kappa shape index (κ3) is 4.30. The van der Waals surface area contributed by atoms with Gasteiger partial charge >= 0.3 is 0 Å². The normalized spacial score (nSPS) is 16.0. The van der Waals surface area contributed by atoms with Crippen LogP contribution in [0.1, 0.15) is 18.4 Å². The van der Waals surface area contributed by atoms with Crippen LogP contribution in [-0.4, -0.2) is 36.7 Å². The van der Waals surface area contributed by atoms with E-state index in [0.29, 0.717) is 29.1 Å². The first-order chi connectivity index (χ1) is 14.7. The first-order valence-electron chi connectivity index (χ1n) is 9.48. The molecule has 1 aliphatic heterocycles. The molecule has 4 rings (SSSR count). The van der Waals surface area contributed by atoms with Crippen molar-refractivity contribution in [2.45, 2.75) is 24.7 Å². The van der Waals surface area contributed by atoms with E-state index in [4.69, 9.17) is 11.6 Å². The van der Waals surface area contributed by atoms with Crippen molar-refractivity contribution in [1.29, 1.82) is 0 Å². The number of sulfonamides is 1. The molecule has 1 aromatic heterocycles. The van der Waals surface area contributed by atoms with Crippen LogP contribution in [-0.2, 0) is 14.8 Å². The van der Waals surface area contributed by atoms with Gasteiger partial charge in [-0.1, -0.05) is 22.9 Å². The lowest BCUT2D eigenvalue weighted by Crippen LogP contribution is -2.41. The van der Waals surface area contributed by atoms with Gasteiger partial charge in [-0.05, 0) is 55.7 Å². The summed E-state index contributed by atoms with van der Waals surface area (Å²) >= 11 is 7.46. The van der Waals surface area contributed by atoms with Gasteiger partial charge in [0.15, 0.2) is 16.8 Å². The Labute approximate surface area is 186 Å². The number of carbonyl (C=O) groups excluding carboxylic acids is 1. The van der Waals surface area contributed by atoms with Gasteiger partial charge in [-0.3, -0.25) is 4.79 Å². The number of thiazole rings is 1. The SMILES string of the molecule is Cc1c(Cl)ccc2sc(NC(=O)C3CCN(S(=O)(=O)c4ccc(F)c(F)c4)CC3)nc12. The first kappa shape index (κ1) is 22.1. The predicted molar refractivity (Wildman–Crippen MR) is 116 cm³/mol. The average Bonchev–Trinajstić information content (AvgIpc) is 3.16. The Morgan fingerprint density at radius 3 is 2.58 bits per heavy atom. The van der Waals surface area contributed by atoms with E-state index in [2.05, 4.69) is 10.3 Å². The second kappa shape index (κ2) is 8.42. The molecule has 2 heterocycles. The summed E-state index contributed by atoms with van der Waals surface area (Å²) in [6.07, 6.45) is 0.620. The quantitative estimate of drug-likeness (QED) is 0.587. The van der Waals surface area contributed by atoms with Crippen LogP contribution in [0.15, 0.2) is 35.2 Å². The Morgan fingerprint density at radius 1 is 1.19 bits per heavy atom. The molecule has 0 bridgehead atoms. The number of fused-ring (bicyclic) bond motifs is 1. The zero-order chi connectivity index (χ0) is 22.3. The lowest BCUT2D eigenvalue weighted by Gasteiger charge is -2.30. The third-order valence-corrected chi connectivity index (χ3v) is 8.57. The van der Waals surface area contributed by atoms with Gasteiger partial charge in [0.05, 0.1) is 15.1 Å². The van der Waals surface area contributed by atoms with Gasteiger partial charge in [0.2, 0.25) is 15.9 Å². The van der Waals surface area contributed by atoms with E-state index in [0.717, 1.165) is 27.9 Å². The molecule has 1 aliphatic rings. The second-order valence-electron chi connectivity index (χ2n) is 7.28. The number of amides is 1. The molecule has 3 aromatic rings. The molecule has 164 valence electrons. The maximum absolute atomic E-state index is 13.5. The van der Waals surface area contributed by atoms with E-state index >= 15 is 0 Å². The maximum atomic E-state index is 13.5. The van der Waals surface area contributed by atoms with Gasteiger partial charge < -0.3 is 5.32 Å². The maximum Gasteiger partial charge on any atom is 0.243 e. The number of hydrogen-bond donors (Lipinski definition) is 1. The monoisotopic (exact) mass is 485 g/mol. The smallest absolute Gasteiger partial charge is 0.243 e.